The van der Waals surface area contributed by atoms with Gasteiger partial charge >= 0.3 is 5.97 Å². The number of nitrogens with one attached hydrogen (secondary N) is 1. The molecule has 1 heterocycles. The molecular weight excluding hydrogens is 154 g/mol. The predicted molar refractivity (Wildman–Crippen MR) is 46.8 cm³/mol. The van der Waals surface area contributed by atoms with Crippen molar-refractivity contribution in [2.75, 3.05) is 20.2 Å². The zero-order valence-corrected chi connectivity index (χ0v) is 7.64. The summed E-state index contributed by atoms with van der Waals surface area (Å²) in [6.07, 6.45) is 4.04. The van der Waals surface area contributed by atoms with Gasteiger partial charge in [0.1, 0.15) is 0 Å². The highest BCUT2D eigenvalue weighted by Crippen LogP contribution is 2.17. The second kappa shape index (κ2) is 5.14. The first-order valence-electron chi connectivity index (χ1n) is 4.60. The van der Waals surface area contributed by atoms with E-state index >= 15 is 0 Å². The van der Waals surface area contributed by atoms with Crippen LogP contribution in [0.4, 0.5) is 0 Å². The number of rotatable bonds is 2. The quantitative estimate of drug-likeness (QED) is 0.628. The molecule has 0 aliphatic carbocycles. The number of hydrogen-bond acceptors (Lipinski definition) is 3. The first-order valence-corrected chi connectivity index (χ1v) is 4.60. The number of ether oxygens (including phenoxy) is 1. The molecule has 0 aromatic rings. The normalized spacial score (nSPS) is 24.6. The lowest BCUT2D eigenvalue weighted by Gasteiger charge is -2.10. The van der Waals surface area contributed by atoms with Crippen LogP contribution in [0.25, 0.3) is 0 Å². The molecule has 3 nitrogen and oxygen atoms in total. The van der Waals surface area contributed by atoms with Crippen LogP contribution in [0, 0.1) is 5.92 Å². The lowest BCUT2D eigenvalue weighted by Crippen LogP contribution is -2.15. The Morgan fingerprint density at radius 2 is 2.33 bits per heavy atom. The first kappa shape index (κ1) is 9.52. The number of methoxy groups -OCH3 is 1. The largest absolute Gasteiger partial charge is 0.469 e. The maximum atomic E-state index is 10.9. The molecule has 1 saturated heterocycles. The molecule has 0 aromatic heterocycles. The molecule has 0 bridgehead atoms. The van der Waals surface area contributed by atoms with Crippen molar-refractivity contribution in [3.05, 3.63) is 0 Å². The number of hydrogen-bond donors (Lipinski definition) is 1. The standard InChI is InChI=1S/C9H17NO2/c1-12-9(11)7-8-3-2-5-10-6-4-8/h8,10H,2-7H2,1H3/t8-/m0/s1. The Kier molecular flexibility index (Phi) is 4.08. The van der Waals surface area contributed by atoms with E-state index in [1.807, 2.05) is 0 Å². The van der Waals surface area contributed by atoms with Gasteiger partial charge in [-0.1, -0.05) is 0 Å². The molecule has 0 radical (unpaired) electrons. The van der Waals surface area contributed by atoms with Crippen molar-refractivity contribution in [2.45, 2.75) is 25.7 Å². The fourth-order valence-corrected chi connectivity index (χ4v) is 1.61. The second-order valence-corrected chi connectivity index (χ2v) is 3.33. The molecule has 1 N–H and O–H groups in total. The van der Waals surface area contributed by atoms with E-state index in [0.717, 1.165) is 25.9 Å². The molecule has 0 saturated carbocycles. The van der Waals surface area contributed by atoms with Crippen LogP contribution < -0.4 is 5.32 Å². The van der Waals surface area contributed by atoms with E-state index in [-0.39, 0.29) is 5.97 Å². The third kappa shape index (κ3) is 3.22. The molecule has 0 aromatic carbocycles. The third-order valence-electron chi connectivity index (χ3n) is 2.38. The zero-order valence-electron chi connectivity index (χ0n) is 7.64. The summed E-state index contributed by atoms with van der Waals surface area (Å²) >= 11 is 0. The molecule has 70 valence electrons. The van der Waals surface area contributed by atoms with Gasteiger partial charge in [-0.05, 0) is 38.3 Å². The van der Waals surface area contributed by atoms with Gasteiger partial charge in [-0.3, -0.25) is 4.79 Å². The molecular formula is C9H17NO2. The van der Waals surface area contributed by atoms with E-state index in [0.29, 0.717) is 12.3 Å². The van der Waals surface area contributed by atoms with Crippen molar-refractivity contribution in [3.63, 3.8) is 0 Å². The van der Waals surface area contributed by atoms with Gasteiger partial charge in [0, 0.05) is 6.42 Å². The summed E-state index contributed by atoms with van der Waals surface area (Å²) in [4.78, 5) is 10.9. The third-order valence-corrected chi connectivity index (χ3v) is 2.38. The lowest BCUT2D eigenvalue weighted by atomic mass is 9.97. The van der Waals surface area contributed by atoms with Gasteiger partial charge in [0.15, 0.2) is 0 Å². The number of esters is 1. The summed E-state index contributed by atoms with van der Waals surface area (Å²) in [5.41, 5.74) is 0. The highest BCUT2D eigenvalue weighted by molar-refractivity contribution is 5.69. The van der Waals surface area contributed by atoms with Crippen LogP contribution in [0.1, 0.15) is 25.7 Å². The monoisotopic (exact) mass is 171 g/mol. The maximum absolute atomic E-state index is 10.9. The van der Waals surface area contributed by atoms with Crippen molar-refractivity contribution < 1.29 is 9.53 Å². The SMILES string of the molecule is COC(=O)C[C@H]1CCCNCC1. The van der Waals surface area contributed by atoms with Crippen molar-refractivity contribution >= 4 is 5.97 Å². The molecule has 0 spiro atoms. The Balaban J connectivity index is 2.24. The van der Waals surface area contributed by atoms with Gasteiger partial charge in [0.25, 0.3) is 0 Å². The molecule has 0 unspecified atom stereocenters. The van der Waals surface area contributed by atoms with Crippen LogP contribution in [0.3, 0.4) is 0 Å². The molecule has 1 aliphatic heterocycles. The van der Waals surface area contributed by atoms with E-state index in [4.69, 9.17) is 0 Å². The Labute approximate surface area is 73.5 Å². The summed E-state index contributed by atoms with van der Waals surface area (Å²) in [5.74, 6) is 0.467. The molecule has 1 atom stereocenters. The summed E-state index contributed by atoms with van der Waals surface area (Å²) < 4.78 is 4.63. The smallest absolute Gasteiger partial charge is 0.305 e. The van der Waals surface area contributed by atoms with E-state index in [2.05, 4.69) is 10.1 Å². The summed E-state index contributed by atoms with van der Waals surface area (Å²) in [6.45, 7) is 2.14. The van der Waals surface area contributed by atoms with Crippen molar-refractivity contribution in [3.8, 4) is 0 Å². The molecule has 0 amide bonds. The summed E-state index contributed by atoms with van der Waals surface area (Å²) in [5, 5.41) is 3.32. The van der Waals surface area contributed by atoms with Crippen molar-refractivity contribution in [1.29, 1.82) is 0 Å². The molecule has 1 aliphatic rings. The molecule has 1 fully saturated rings. The Hall–Kier alpha value is -0.570. The second-order valence-electron chi connectivity index (χ2n) is 3.33. The first-order chi connectivity index (χ1) is 5.83. The van der Waals surface area contributed by atoms with Gasteiger partial charge < -0.3 is 10.1 Å². The van der Waals surface area contributed by atoms with Gasteiger partial charge in [0.2, 0.25) is 0 Å². The maximum Gasteiger partial charge on any atom is 0.305 e. The lowest BCUT2D eigenvalue weighted by molar-refractivity contribution is -0.141. The summed E-state index contributed by atoms with van der Waals surface area (Å²) in [7, 11) is 1.46. The Morgan fingerprint density at radius 1 is 1.50 bits per heavy atom. The number of carbonyl (C=O) groups is 1. The van der Waals surface area contributed by atoms with Gasteiger partial charge in [-0.25, -0.2) is 0 Å². The zero-order chi connectivity index (χ0) is 8.81. The Morgan fingerprint density at radius 3 is 3.08 bits per heavy atom. The van der Waals surface area contributed by atoms with E-state index in [9.17, 15) is 4.79 Å². The van der Waals surface area contributed by atoms with Crippen LogP contribution in [0.5, 0.6) is 0 Å². The molecule has 3 heteroatoms. The van der Waals surface area contributed by atoms with Gasteiger partial charge in [-0.15, -0.1) is 0 Å². The summed E-state index contributed by atoms with van der Waals surface area (Å²) in [6, 6.07) is 0. The van der Waals surface area contributed by atoms with Crippen molar-refractivity contribution in [1.82, 2.24) is 5.32 Å². The van der Waals surface area contributed by atoms with Crippen LogP contribution >= 0.6 is 0 Å². The minimum atomic E-state index is -0.0677. The fourth-order valence-electron chi connectivity index (χ4n) is 1.61. The minimum absolute atomic E-state index is 0.0677. The van der Waals surface area contributed by atoms with Crippen LogP contribution in [0.15, 0.2) is 0 Å². The van der Waals surface area contributed by atoms with Crippen LogP contribution in [-0.4, -0.2) is 26.2 Å². The highest BCUT2D eigenvalue weighted by Gasteiger charge is 2.15. The van der Waals surface area contributed by atoms with E-state index in [1.165, 1.54) is 13.5 Å². The van der Waals surface area contributed by atoms with Gasteiger partial charge in [-0.2, -0.15) is 0 Å². The van der Waals surface area contributed by atoms with Crippen LogP contribution in [0.2, 0.25) is 0 Å². The topological polar surface area (TPSA) is 38.3 Å². The molecule has 1 rings (SSSR count). The van der Waals surface area contributed by atoms with E-state index < -0.39 is 0 Å². The highest BCUT2D eigenvalue weighted by atomic mass is 16.5. The molecule has 12 heavy (non-hydrogen) atoms. The predicted octanol–water partition coefficient (Wildman–Crippen LogP) is 0.939. The average molecular weight is 171 g/mol. The van der Waals surface area contributed by atoms with E-state index in [1.54, 1.807) is 0 Å². The average Bonchev–Trinajstić information content (AvgIpc) is 2.33. The van der Waals surface area contributed by atoms with Crippen LogP contribution in [-0.2, 0) is 9.53 Å². The van der Waals surface area contributed by atoms with Crippen molar-refractivity contribution in [2.24, 2.45) is 5.92 Å². The van der Waals surface area contributed by atoms with Gasteiger partial charge in [0.05, 0.1) is 7.11 Å². The minimum Gasteiger partial charge on any atom is -0.469 e. The fraction of sp³-hybridized carbons (Fsp3) is 0.889. The Bertz CT molecular complexity index is 139. The number of carbonyl (C=O) groups excluding carboxylic acids is 1.